The third-order valence-corrected chi connectivity index (χ3v) is 8.44. The maximum atomic E-state index is 13.4. The first-order valence-electron chi connectivity index (χ1n) is 11.4. The van der Waals surface area contributed by atoms with Gasteiger partial charge in [-0.15, -0.1) is 0 Å². The molecule has 0 unspecified atom stereocenters. The van der Waals surface area contributed by atoms with E-state index in [1.807, 2.05) is 35.8 Å². The topological polar surface area (TPSA) is 80.2 Å². The molecule has 6 nitrogen and oxygen atoms in total. The van der Waals surface area contributed by atoms with Crippen LogP contribution in [0.25, 0.3) is 10.9 Å². The molecule has 0 saturated heterocycles. The summed E-state index contributed by atoms with van der Waals surface area (Å²) >= 11 is 0. The molecule has 2 saturated carbocycles. The Morgan fingerprint density at radius 3 is 2.41 bits per heavy atom. The first kappa shape index (κ1) is 21.2. The molecular weight excluding hydrogens is 422 g/mol. The molecule has 0 aliphatic heterocycles. The van der Waals surface area contributed by atoms with Gasteiger partial charge < -0.3 is 9.88 Å². The van der Waals surface area contributed by atoms with E-state index in [1.54, 1.807) is 0 Å². The number of amides is 1. The van der Waals surface area contributed by atoms with E-state index >= 15 is 0 Å². The van der Waals surface area contributed by atoms with Gasteiger partial charge in [-0.05, 0) is 44.2 Å². The minimum atomic E-state index is -3.64. The van der Waals surface area contributed by atoms with Gasteiger partial charge in [0.1, 0.15) is 5.69 Å². The van der Waals surface area contributed by atoms with Crippen LogP contribution in [0.1, 0.15) is 59.3 Å². The fourth-order valence-electron chi connectivity index (χ4n) is 4.35. The van der Waals surface area contributed by atoms with Gasteiger partial charge in [0.05, 0.1) is 5.25 Å². The van der Waals surface area contributed by atoms with Crippen molar-refractivity contribution in [2.75, 3.05) is 0 Å². The van der Waals surface area contributed by atoms with Gasteiger partial charge in [0.2, 0.25) is 10.0 Å². The quantitative estimate of drug-likeness (QED) is 0.545. The second-order valence-corrected chi connectivity index (χ2v) is 11.1. The first-order chi connectivity index (χ1) is 15.4. The fraction of sp³-hybridized carbons (Fsp3) is 0.400. The zero-order valence-corrected chi connectivity index (χ0v) is 19.1. The van der Waals surface area contributed by atoms with Crippen LogP contribution < -0.4 is 10.0 Å². The van der Waals surface area contributed by atoms with Crippen molar-refractivity contribution in [2.24, 2.45) is 0 Å². The normalized spacial score (nSPS) is 16.8. The number of sulfonamides is 1. The summed E-state index contributed by atoms with van der Waals surface area (Å²) in [5, 5.41) is 4.10. The van der Waals surface area contributed by atoms with Crippen molar-refractivity contribution < 1.29 is 13.2 Å². The number of para-hydroxylation sites is 1. The van der Waals surface area contributed by atoms with E-state index in [2.05, 4.69) is 34.3 Å². The summed E-state index contributed by atoms with van der Waals surface area (Å²) in [4.78, 5) is 13.4. The fourth-order valence-corrected chi connectivity index (χ4v) is 5.63. The maximum absolute atomic E-state index is 13.4. The van der Waals surface area contributed by atoms with Crippen LogP contribution in [0.15, 0.2) is 48.5 Å². The standard InChI is InChI=1S/C25H29N3O3S/c1-17-9-11-18(12-10-17)16-28-23-8-3-2-7-21(23)22(15-26-19-5-4-6-19)24(28)25(29)27-32(30,31)20-13-14-20/h2-3,7-12,19-20,26H,4-6,13-16H2,1H3,(H,27,29). The summed E-state index contributed by atoms with van der Waals surface area (Å²) in [6.45, 7) is 3.08. The molecule has 7 heteroatoms. The van der Waals surface area contributed by atoms with E-state index in [4.69, 9.17) is 0 Å². The number of hydrogen-bond donors (Lipinski definition) is 2. The van der Waals surface area contributed by atoms with Gasteiger partial charge in [-0.25, -0.2) is 13.1 Å². The van der Waals surface area contributed by atoms with Gasteiger partial charge in [-0.3, -0.25) is 4.79 Å². The Labute approximate surface area is 189 Å². The van der Waals surface area contributed by atoms with Crippen molar-refractivity contribution in [3.05, 3.63) is 70.9 Å². The molecule has 1 amide bonds. The molecule has 3 aromatic rings. The summed E-state index contributed by atoms with van der Waals surface area (Å²) in [6.07, 6.45) is 4.73. The van der Waals surface area contributed by atoms with E-state index in [9.17, 15) is 13.2 Å². The molecule has 1 heterocycles. The summed E-state index contributed by atoms with van der Waals surface area (Å²) in [5.41, 5.74) is 4.47. The highest BCUT2D eigenvalue weighted by atomic mass is 32.2. The Bertz CT molecular complexity index is 1250. The maximum Gasteiger partial charge on any atom is 0.281 e. The Morgan fingerprint density at radius 1 is 1.03 bits per heavy atom. The Balaban J connectivity index is 1.59. The molecule has 5 rings (SSSR count). The first-order valence-corrected chi connectivity index (χ1v) is 12.9. The molecule has 2 aliphatic carbocycles. The highest BCUT2D eigenvalue weighted by molar-refractivity contribution is 7.91. The lowest BCUT2D eigenvalue weighted by molar-refractivity contribution is 0.0972. The molecule has 168 valence electrons. The van der Waals surface area contributed by atoms with Crippen LogP contribution in [0, 0.1) is 6.92 Å². The Morgan fingerprint density at radius 2 is 1.75 bits per heavy atom. The number of rotatable bonds is 8. The average molecular weight is 452 g/mol. The van der Waals surface area contributed by atoms with Crippen molar-refractivity contribution in [3.63, 3.8) is 0 Å². The Hall–Kier alpha value is -2.64. The predicted molar refractivity (Wildman–Crippen MR) is 126 cm³/mol. The van der Waals surface area contributed by atoms with Crippen LogP contribution >= 0.6 is 0 Å². The van der Waals surface area contributed by atoms with Crippen molar-refractivity contribution in [3.8, 4) is 0 Å². The molecule has 2 fully saturated rings. The van der Waals surface area contributed by atoms with Gasteiger partial charge in [0.15, 0.2) is 0 Å². The number of nitrogens with one attached hydrogen (secondary N) is 2. The van der Waals surface area contributed by atoms with Crippen LogP contribution in [0.5, 0.6) is 0 Å². The average Bonchev–Trinajstić information content (AvgIpc) is 3.54. The van der Waals surface area contributed by atoms with Crippen molar-refractivity contribution >= 4 is 26.8 Å². The molecule has 2 aromatic carbocycles. The molecule has 0 bridgehead atoms. The van der Waals surface area contributed by atoms with Crippen LogP contribution in [-0.2, 0) is 23.1 Å². The van der Waals surface area contributed by atoms with Crippen molar-refractivity contribution in [2.45, 2.75) is 63.4 Å². The predicted octanol–water partition coefficient (Wildman–Crippen LogP) is 3.86. The van der Waals surface area contributed by atoms with Crippen molar-refractivity contribution in [1.29, 1.82) is 0 Å². The third-order valence-electron chi connectivity index (χ3n) is 6.62. The Kier molecular flexibility index (Phi) is 5.55. The van der Waals surface area contributed by atoms with Gasteiger partial charge in [0.25, 0.3) is 5.91 Å². The number of nitrogens with zero attached hydrogens (tertiary/aromatic N) is 1. The van der Waals surface area contributed by atoms with Crippen molar-refractivity contribution in [1.82, 2.24) is 14.6 Å². The third kappa shape index (κ3) is 4.19. The molecule has 0 radical (unpaired) electrons. The van der Waals surface area contributed by atoms with Gasteiger partial charge in [-0.1, -0.05) is 54.4 Å². The zero-order valence-electron chi connectivity index (χ0n) is 18.3. The minimum Gasteiger partial charge on any atom is -0.332 e. The highest BCUT2D eigenvalue weighted by Gasteiger charge is 2.38. The number of fused-ring (bicyclic) bond motifs is 1. The van der Waals surface area contributed by atoms with Gasteiger partial charge in [0, 0.05) is 35.6 Å². The van der Waals surface area contributed by atoms with Crippen LogP contribution in [0.3, 0.4) is 0 Å². The molecule has 1 aromatic heterocycles. The van der Waals surface area contributed by atoms with E-state index in [-0.39, 0.29) is 0 Å². The highest BCUT2D eigenvalue weighted by Crippen LogP contribution is 2.31. The minimum absolute atomic E-state index is 0.433. The summed E-state index contributed by atoms with van der Waals surface area (Å²) < 4.78 is 29.5. The van der Waals surface area contributed by atoms with E-state index in [0.29, 0.717) is 37.7 Å². The molecule has 2 aliphatic rings. The van der Waals surface area contributed by atoms with Crippen LogP contribution in [-0.4, -0.2) is 30.2 Å². The molecular formula is C25H29N3O3S. The van der Waals surface area contributed by atoms with E-state index in [1.165, 1.54) is 12.0 Å². The molecule has 0 spiro atoms. The monoisotopic (exact) mass is 451 g/mol. The number of carbonyl (C=O) groups excluding carboxylic acids is 1. The number of hydrogen-bond acceptors (Lipinski definition) is 4. The van der Waals surface area contributed by atoms with Gasteiger partial charge in [-0.2, -0.15) is 0 Å². The number of benzene rings is 2. The second kappa shape index (κ2) is 8.37. The van der Waals surface area contributed by atoms with E-state index < -0.39 is 21.2 Å². The number of aryl methyl sites for hydroxylation is 1. The summed E-state index contributed by atoms with van der Waals surface area (Å²) in [6, 6.07) is 16.6. The van der Waals surface area contributed by atoms with Crippen LogP contribution in [0.4, 0.5) is 0 Å². The smallest absolute Gasteiger partial charge is 0.281 e. The SMILES string of the molecule is Cc1ccc(Cn2c(C(=O)NS(=O)(=O)C3CC3)c(CNC3CCC3)c3ccccc32)cc1. The molecule has 32 heavy (non-hydrogen) atoms. The summed E-state index contributed by atoms with van der Waals surface area (Å²) in [7, 11) is -3.64. The lowest BCUT2D eigenvalue weighted by Gasteiger charge is -2.26. The largest absolute Gasteiger partial charge is 0.332 e. The van der Waals surface area contributed by atoms with Gasteiger partial charge >= 0.3 is 0 Å². The number of aromatic nitrogens is 1. The van der Waals surface area contributed by atoms with Crippen LogP contribution in [0.2, 0.25) is 0 Å². The lowest BCUT2D eigenvalue weighted by Crippen LogP contribution is -2.37. The number of carbonyl (C=O) groups is 1. The molecule has 0 atom stereocenters. The van der Waals surface area contributed by atoms with E-state index in [0.717, 1.165) is 34.9 Å². The zero-order chi connectivity index (χ0) is 22.3. The summed E-state index contributed by atoms with van der Waals surface area (Å²) in [5.74, 6) is -0.536. The lowest BCUT2D eigenvalue weighted by atomic mass is 9.93. The molecule has 2 N–H and O–H groups in total. The second-order valence-electron chi connectivity index (χ2n) is 9.10.